The Bertz CT molecular complexity index is 1120. The molecule has 1 saturated carbocycles. The van der Waals surface area contributed by atoms with Crippen molar-refractivity contribution in [1.82, 2.24) is 4.90 Å². The quantitative estimate of drug-likeness (QED) is 0.377. The minimum Gasteiger partial charge on any atom is -0.508 e. The summed E-state index contributed by atoms with van der Waals surface area (Å²) in [6.45, 7) is 0.709. The van der Waals surface area contributed by atoms with Gasteiger partial charge in [-0.1, -0.05) is 41.9 Å². The number of carbonyl (C=O) groups excluding carboxylic acids is 4. The summed E-state index contributed by atoms with van der Waals surface area (Å²) in [4.78, 5) is 51.7. The summed E-state index contributed by atoms with van der Waals surface area (Å²) in [6, 6.07) is 13.2. The number of halogens is 1. The number of phenols is 1. The highest BCUT2D eigenvalue weighted by molar-refractivity contribution is 6.31. The molecular weight excluding hydrogens is 486 g/mol. The van der Waals surface area contributed by atoms with Gasteiger partial charge in [0.1, 0.15) is 17.1 Å². The highest BCUT2D eigenvalue weighted by atomic mass is 35.5. The largest absolute Gasteiger partial charge is 0.508 e. The Kier molecular flexibility index (Phi) is 9.09. The molecule has 0 heterocycles. The molecule has 3 rings (SSSR count). The van der Waals surface area contributed by atoms with Crippen LogP contribution in [0.4, 0.5) is 4.79 Å². The molecule has 192 valence electrons. The number of Topliss-reactive ketones (excluding diaryl/α,β-unsaturated/α-hetero) is 2. The maximum Gasteiger partial charge on any atom is 0.413 e. The molecule has 1 aliphatic carbocycles. The van der Waals surface area contributed by atoms with E-state index in [4.69, 9.17) is 21.1 Å². The first-order valence-corrected chi connectivity index (χ1v) is 12.2. The van der Waals surface area contributed by atoms with Crippen LogP contribution >= 0.6 is 11.6 Å². The molecule has 0 radical (unpaired) electrons. The van der Waals surface area contributed by atoms with E-state index in [1.807, 2.05) is 0 Å². The standard InChI is InChI=1S/C27H30ClNO7/c1-18(30)15-20(16-19-10-12-21(31)13-11-19)25(33)35-17-36-26(34)29(2)27(14-6-5-9-24(27)32)22-7-3-4-8-23(22)28/h3-4,7-8,10-13,20,31H,5-6,9,14-17H2,1-2H3/t20-,27-/m0/s1. The van der Waals surface area contributed by atoms with E-state index in [0.29, 0.717) is 23.4 Å². The molecule has 0 unspecified atom stereocenters. The third kappa shape index (κ3) is 6.23. The van der Waals surface area contributed by atoms with Crippen LogP contribution in [0.2, 0.25) is 5.02 Å². The second-order valence-electron chi connectivity index (χ2n) is 8.99. The van der Waals surface area contributed by atoms with Gasteiger partial charge in [-0.3, -0.25) is 14.5 Å². The molecule has 0 bridgehead atoms. The number of benzene rings is 2. The first-order valence-electron chi connectivity index (χ1n) is 11.8. The summed E-state index contributed by atoms with van der Waals surface area (Å²) in [5, 5.41) is 9.82. The lowest BCUT2D eigenvalue weighted by Gasteiger charge is -2.43. The van der Waals surface area contributed by atoms with Crippen molar-refractivity contribution in [2.75, 3.05) is 13.8 Å². The molecule has 0 spiro atoms. The molecule has 2 aromatic rings. The zero-order valence-electron chi connectivity index (χ0n) is 20.4. The van der Waals surface area contributed by atoms with E-state index < -0.39 is 30.3 Å². The fraction of sp³-hybridized carbons (Fsp3) is 0.407. The molecule has 2 aromatic carbocycles. The summed E-state index contributed by atoms with van der Waals surface area (Å²) >= 11 is 6.42. The average molecular weight is 516 g/mol. The fourth-order valence-corrected chi connectivity index (χ4v) is 4.93. The van der Waals surface area contributed by atoms with Crippen molar-refractivity contribution in [3.8, 4) is 5.75 Å². The zero-order valence-corrected chi connectivity index (χ0v) is 21.1. The zero-order chi connectivity index (χ0) is 26.3. The van der Waals surface area contributed by atoms with Gasteiger partial charge in [0.2, 0.25) is 6.79 Å². The molecule has 0 saturated heterocycles. The number of amides is 1. The minimum absolute atomic E-state index is 0.0440. The van der Waals surface area contributed by atoms with E-state index in [0.717, 1.165) is 18.4 Å². The molecule has 2 atom stereocenters. The van der Waals surface area contributed by atoms with Crippen molar-refractivity contribution < 1.29 is 33.8 Å². The topological polar surface area (TPSA) is 110 Å². The molecule has 36 heavy (non-hydrogen) atoms. The first-order chi connectivity index (χ1) is 17.1. The van der Waals surface area contributed by atoms with Crippen LogP contribution in [0.15, 0.2) is 48.5 Å². The van der Waals surface area contributed by atoms with Crippen molar-refractivity contribution >= 4 is 35.2 Å². The number of ketones is 2. The van der Waals surface area contributed by atoms with Crippen molar-refractivity contribution in [2.45, 2.75) is 51.0 Å². The highest BCUT2D eigenvalue weighted by Crippen LogP contribution is 2.42. The number of aromatic hydroxyl groups is 1. The molecule has 1 fully saturated rings. The summed E-state index contributed by atoms with van der Waals surface area (Å²) < 4.78 is 10.4. The van der Waals surface area contributed by atoms with Crippen LogP contribution in [0.5, 0.6) is 5.75 Å². The Hall–Kier alpha value is -3.39. The monoisotopic (exact) mass is 515 g/mol. The van der Waals surface area contributed by atoms with Crippen LogP contribution < -0.4 is 0 Å². The maximum absolute atomic E-state index is 13.1. The number of hydrogen-bond donors (Lipinski definition) is 1. The number of ether oxygens (including phenoxy) is 2. The van der Waals surface area contributed by atoms with Crippen molar-refractivity contribution in [2.24, 2.45) is 5.92 Å². The molecule has 1 N–H and O–H groups in total. The van der Waals surface area contributed by atoms with Gasteiger partial charge in [0, 0.05) is 30.5 Å². The van der Waals surface area contributed by atoms with Crippen molar-refractivity contribution in [3.63, 3.8) is 0 Å². The lowest BCUT2D eigenvalue weighted by Crippen LogP contribution is -2.54. The molecule has 1 amide bonds. The number of phenolic OH excluding ortho intramolecular Hbond substituents is 1. The van der Waals surface area contributed by atoms with Crippen LogP contribution in [-0.4, -0.2) is 47.5 Å². The molecule has 9 heteroatoms. The van der Waals surface area contributed by atoms with E-state index in [1.165, 1.54) is 31.0 Å². The third-order valence-electron chi connectivity index (χ3n) is 6.49. The number of esters is 1. The van der Waals surface area contributed by atoms with Gasteiger partial charge in [0.15, 0.2) is 5.78 Å². The Labute approximate surface area is 215 Å². The van der Waals surface area contributed by atoms with Gasteiger partial charge in [0.25, 0.3) is 0 Å². The summed E-state index contributed by atoms with van der Waals surface area (Å²) in [6.07, 6.45) is 1.50. The predicted octanol–water partition coefficient (Wildman–Crippen LogP) is 4.79. The number of rotatable bonds is 9. The number of likely N-dealkylation sites (N-methyl/N-ethyl adjacent to an activating group) is 1. The number of nitrogens with zero attached hydrogens (tertiary/aromatic N) is 1. The van der Waals surface area contributed by atoms with Crippen molar-refractivity contribution in [3.05, 3.63) is 64.7 Å². The van der Waals surface area contributed by atoms with Gasteiger partial charge in [-0.05, 0) is 56.4 Å². The van der Waals surface area contributed by atoms with Gasteiger partial charge < -0.3 is 19.4 Å². The van der Waals surface area contributed by atoms with Gasteiger partial charge in [-0.2, -0.15) is 0 Å². The Morgan fingerprint density at radius 1 is 1.08 bits per heavy atom. The fourth-order valence-electron chi connectivity index (χ4n) is 4.64. The summed E-state index contributed by atoms with van der Waals surface area (Å²) in [5.74, 6) is -1.70. The second kappa shape index (κ2) is 12.0. The second-order valence-corrected chi connectivity index (χ2v) is 9.40. The van der Waals surface area contributed by atoms with E-state index in [1.54, 1.807) is 36.4 Å². The number of carbonyl (C=O) groups is 4. The first kappa shape index (κ1) is 27.2. The molecule has 0 aromatic heterocycles. The van der Waals surface area contributed by atoms with E-state index in [-0.39, 0.29) is 30.2 Å². The SMILES string of the molecule is CC(=O)C[C@@H](Cc1ccc(O)cc1)C(=O)OCOC(=O)N(C)[C@]1(c2ccccc2Cl)CCCCC1=O. The van der Waals surface area contributed by atoms with E-state index >= 15 is 0 Å². The maximum atomic E-state index is 13.1. The van der Waals surface area contributed by atoms with Crippen LogP contribution in [0.25, 0.3) is 0 Å². The molecule has 1 aliphatic rings. The lowest BCUT2D eigenvalue weighted by atomic mass is 9.74. The van der Waals surface area contributed by atoms with Gasteiger partial charge >= 0.3 is 12.1 Å². The van der Waals surface area contributed by atoms with E-state index in [2.05, 4.69) is 0 Å². The molecule has 8 nitrogen and oxygen atoms in total. The summed E-state index contributed by atoms with van der Waals surface area (Å²) in [5.41, 5.74) is 0.00160. The smallest absolute Gasteiger partial charge is 0.413 e. The van der Waals surface area contributed by atoms with Crippen LogP contribution in [0, 0.1) is 5.92 Å². The minimum atomic E-state index is -1.27. The van der Waals surface area contributed by atoms with Crippen molar-refractivity contribution in [1.29, 1.82) is 0 Å². The lowest BCUT2D eigenvalue weighted by molar-refractivity contribution is -0.159. The molecule has 0 aliphatic heterocycles. The Morgan fingerprint density at radius 3 is 2.42 bits per heavy atom. The van der Waals surface area contributed by atoms with Crippen LogP contribution in [-0.2, 0) is 35.8 Å². The van der Waals surface area contributed by atoms with Gasteiger partial charge in [0.05, 0.1) is 5.92 Å². The normalized spacial score (nSPS) is 18.2. The highest BCUT2D eigenvalue weighted by Gasteiger charge is 2.48. The number of hydrogen-bond acceptors (Lipinski definition) is 7. The van der Waals surface area contributed by atoms with Gasteiger partial charge in [-0.25, -0.2) is 4.79 Å². The molecular formula is C27H30ClNO7. The Morgan fingerprint density at radius 2 is 1.78 bits per heavy atom. The van der Waals surface area contributed by atoms with Gasteiger partial charge in [-0.15, -0.1) is 0 Å². The van der Waals surface area contributed by atoms with E-state index in [9.17, 15) is 24.3 Å². The van der Waals surface area contributed by atoms with Crippen LogP contribution in [0.3, 0.4) is 0 Å². The third-order valence-corrected chi connectivity index (χ3v) is 6.82. The Balaban J connectivity index is 1.67. The summed E-state index contributed by atoms with van der Waals surface area (Å²) in [7, 11) is 1.47. The van der Waals surface area contributed by atoms with Crippen LogP contribution in [0.1, 0.15) is 50.2 Å². The average Bonchev–Trinajstić information content (AvgIpc) is 2.85. The predicted molar refractivity (Wildman–Crippen MR) is 132 cm³/mol.